The average Bonchev–Trinajstić information content (AvgIpc) is 2.78. The minimum Gasteiger partial charge on any atom is -0.454 e. The van der Waals surface area contributed by atoms with Crippen molar-refractivity contribution in [1.82, 2.24) is 5.32 Å². The van der Waals surface area contributed by atoms with Crippen LogP contribution in [0.4, 0.5) is 0 Å². The van der Waals surface area contributed by atoms with Crippen molar-refractivity contribution in [3.63, 3.8) is 0 Å². The van der Waals surface area contributed by atoms with Crippen LogP contribution in [0, 0.1) is 5.92 Å². The first-order chi connectivity index (χ1) is 8.33. The van der Waals surface area contributed by atoms with Gasteiger partial charge in [-0.1, -0.05) is 11.6 Å². The molecule has 0 saturated carbocycles. The molecule has 3 nitrogen and oxygen atoms in total. The van der Waals surface area contributed by atoms with Crippen molar-refractivity contribution in [1.29, 1.82) is 0 Å². The summed E-state index contributed by atoms with van der Waals surface area (Å²) in [5.41, 5.74) is 1.19. The molecule has 2 aliphatic rings. The second-order valence-corrected chi connectivity index (χ2v) is 5.13. The second-order valence-electron chi connectivity index (χ2n) is 4.70. The van der Waals surface area contributed by atoms with Crippen LogP contribution in [0.2, 0.25) is 5.02 Å². The molecule has 0 aliphatic carbocycles. The normalized spacial score (nSPS) is 19.6. The Kier molecular flexibility index (Phi) is 3.12. The zero-order valence-electron chi connectivity index (χ0n) is 9.67. The predicted molar refractivity (Wildman–Crippen MR) is 66.9 cm³/mol. The van der Waals surface area contributed by atoms with E-state index < -0.39 is 0 Å². The van der Waals surface area contributed by atoms with Crippen LogP contribution < -0.4 is 14.8 Å². The standard InChI is InChI=1S/C13H16ClNO2/c14-11-6-10(5-9-1-3-15-4-2-9)13-12(7-11)16-8-17-13/h6-7,9,15H,1-5,8H2. The lowest BCUT2D eigenvalue weighted by Crippen LogP contribution is -2.28. The van der Waals surface area contributed by atoms with Crippen LogP contribution >= 0.6 is 11.6 Å². The van der Waals surface area contributed by atoms with Gasteiger partial charge in [0.2, 0.25) is 6.79 Å². The first-order valence-corrected chi connectivity index (χ1v) is 6.49. The van der Waals surface area contributed by atoms with Gasteiger partial charge in [-0.15, -0.1) is 0 Å². The van der Waals surface area contributed by atoms with Crippen molar-refractivity contribution in [2.75, 3.05) is 19.9 Å². The van der Waals surface area contributed by atoms with Gasteiger partial charge >= 0.3 is 0 Å². The molecule has 92 valence electrons. The Balaban J connectivity index is 1.82. The Morgan fingerprint density at radius 1 is 1.24 bits per heavy atom. The SMILES string of the molecule is Clc1cc(CC2CCNCC2)c2c(c1)OCO2. The van der Waals surface area contributed by atoms with Gasteiger partial charge in [0.1, 0.15) is 0 Å². The van der Waals surface area contributed by atoms with Gasteiger partial charge in [0.25, 0.3) is 0 Å². The number of halogens is 1. The Bertz CT molecular complexity index is 416. The summed E-state index contributed by atoms with van der Waals surface area (Å²) >= 11 is 6.10. The van der Waals surface area contributed by atoms with Crippen LogP contribution in [0.15, 0.2) is 12.1 Å². The molecule has 1 saturated heterocycles. The van der Waals surface area contributed by atoms with Crippen molar-refractivity contribution in [2.45, 2.75) is 19.3 Å². The van der Waals surface area contributed by atoms with E-state index in [4.69, 9.17) is 21.1 Å². The summed E-state index contributed by atoms with van der Waals surface area (Å²) in [6.45, 7) is 2.55. The Morgan fingerprint density at radius 2 is 2.06 bits per heavy atom. The highest BCUT2D eigenvalue weighted by Gasteiger charge is 2.22. The van der Waals surface area contributed by atoms with Gasteiger partial charge in [0.15, 0.2) is 11.5 Å². The average molecular weight is 254 g/mol. The summed E-state index contributed by atoms with van der Waals surface area (Å²) in [5.74, 6) is 2.41. The minimum absolute atomic E-state index is 0.314. The van der Waals surface area contributed by atoms with Gasteiger partial charge in [-0.05, 0) is 49.9 Å². The predicted octanol–water partition coefficient (Wildman–Crippen LogP) is 2.61. The zero-order chi connectivity index (χ0) is 11.7. The first kappa shape index (κ1) is 11.2. The molecule has 0 radical (unpaired) electrons. The number of benzene rings is 1. The third kappa shape index (κ3) is 2.35. The quantitative estimate of drug-likeness (QED) is 0.879. The third-order valence-corrected chi connectivity index (χ3v) is 3.70. The van der Waals surface area contributed by atoms with E-state index in [0.717, 1.165) is 41.9 Å². The van der Waals surface area contributed by atoms with E-state index in [-0.39, 0.29) is 0 Å². The summed E-state index contributed by atoms with van der Waals surface area (Å²) in [6, 6.07) is 3.84. The summed E-state index contributed by atoms with van der Waals surface area (Å²) in [4.78, 5) is 0. The summed E-state index contributed by atoms with van der Waals surface area (Å²) in [7, 11) is 0. The number of fused-ring (bicyclic) bond motifs is 1. The number of ether oxygens (including phenoxy) is 2. The van der Waals surface area contributed by atoms with Gasteiger partial charge < -0.3 is 14.8 Å². The van der Waals surface area contributed by atoms with Gasteiger partial charge in [-0.2, -0.15) is 0 Å². The molecule has 0 atom stereocenters. The maximum atomic E-state index is 6.10. The molecule has 1 N–H and O–H groups in total. The number of rotatable bonds is 2. The maximum Gasteiger partial charge on any atom is 0.231 e. The van der Waals surface area contributed by atoms with Crippen LogP contribution in [-0.4, -0.2) is 19.9 Å². The topological polar surface area (TPSA) is 30.5 Å². The third-order valence-electron chi connectivity index (χ3n) is 3.48. The number of piperidine rings is 1. The zero-order valence-corrected chi connectivity index (χ0v) is 10.4. The van der Waals surface area contributed by atoms with E-state index in [9.17, 15) is 0 Å². The van der Waals surface area contributed by atoms with E-state index in [0.29, 0.717) is 6.79 Å². The molecule has 0 spiro atoms. The van der Waals surface area contributed by atoms with Crippen LogP contribution in [0.25, 0.3) is 0 Å². The van der Waals surface area contributed by atoms with E-state index >= 15 is 0 Å². The van der Waals surface area contributed by atoms with Crippen molar-refractivity contribution in [3.05, 3.63) is 22.7 Å². The van der Waals surface area contributed by atoms with Gasteiger partial charge in [-0.3, -0.25) is 0 Å². The summed E-state index contributed by atoms with van der Waals surface area (Å²) < 4.78 is 10.9. The molecule has 0 amide bonds. The fourth-order valence-electron chi connectivity index (χ4n) is 2.59. The molecule has 0 aromatic heterocycles. The molecule has 2 heterocycles. The lowest BCUT2D eigenvalue weighted by molar-refractivity contribution is 0.173. The van der Waals surface area contributed by atoms with E-state index in [1.807, 2.05) is 12.1 Å². The largest absolute Gasteiger partial charge is 0.454 e. The number of hydrogen-bond acceptors (Lipinski definition) is 3. The highest BCUT2D eigenvalue weighted by molar-refractivity contribution is 6.30. The van der Waals surface area contributed by atoms with Crippen LogP contribution in [0.1, 0.15) is 18.4 Å². The van der Waals surface area contributed by atoms with Crippen molar-refractivity contribution in [3.8, 4) is 11.5 Å². The molecular formula is C13H16ClNO2. The van der Waals surface area contributed by atoms with E-state index in [2.05, 4.69) is 5.32 Å². The molecular weight excluding hydrogens is 238 g/mol. The smallest absolute Gasteiger partial charge is 0.231 e. The van der Waals surface area contributed by atoms with Crippen LogP contribution in [0.5, 0.6) is 11.5 Å². The maximum absolute atomic E-state index is 6.10. The van der Waals surface area contributed by atoms with Gasteiger partial charge in [0, 0.05) is 11.1 Å². The second kappa shape index (κ2) is 4.75. The molecule has 1 fully saturated rings. The highest BCUT2D eigenvalue weighted by Crippen LogP contribution is 2.39. The van der Waals surface area contributed by atoms with Gasteiger partial charge in [-0.25, -0.2) is 0 Å². The molecule has 2 aliphatic heterocycles. The molecule has 0 unspecified atom stereocenters. The monoisotopic (exact) mass is 253 g/mol. The Hall–Kier alpha value is -0.930. The molecule has 17 heavy (non-hydrogen) atoms. The van der Waals surface area contributed by atoms with E-state index in [1.54, 1.807) is 0 Å². The summed E-state index contributed by atoms with van der Waals surface area (Å²) in [5, 5.41) is 4.12. The molecule has 4 heteroatoms. The first-order valence-electron chi connectivity index (χ1n) is 6.11. The lowest BCUT2D eigenvalue weighted by Gasteiger charge is -2.23. The molecule has 3 rings (SSSR count). The van der Waals surface area contributed by atoms with Crippen LogP contribution in [-0.2, 0) is 6.42 Å². The number of nitrogens with one attached hydrogen (secondary N) is 1. The van der Waals surface area contributed by atoms with Crippen molar-refractivity contribution < 1.29 is 9.47 Å². The van der Waals surface area contributed by atoms with E-state index in [1.165, 1.54) is 18.4 Å². The molecule has 1 aromatic carbocycles. The van der Waals surface area contributed by atoms with Crippen molar-refractivity contribution in [2.24, 2.45) is 5.92 Å². The van der Waals surface area contributed by atoms with Crippen LogP contribution in [0.3, 0.4) is 0 Å². The minimum atomic E-state index is 0.314. The Labute approximate surface area is 106 Å². The lowest BCUT2D eigenvalue weighted by atomic mass is 9.90. The number of hydrogen-bond donors (Lipinski definition) is 1. The molecule has 0 bridgehead atoms. The molecule has 1 aromatic rings. The highest BCUT2D eigenvalue weighted by atomic mass is 35.5. The Morgan fingerprint density at radius 3 is 2.88 bits per heavy atom. The fraction of sp³-hybridized carbons (Fsp3) is 0.538. The van der Waals surface area contributed by atoms with Gasteiger partial charge in [0.05, 0.1) is 0 Å². The van der Waals surface area contributed by atoms with Crippen molar-refractivity contribution >= 4 is 11.6 Å². The summed E-state index contributed by atoms with van der Waals surface area (Å²) in [6.07, 6.45) is 3.48. The fourth-order valence-corrected chi connectivity index (χ4v) is 2.82.